The number of carbonyl (C=O) groups excluding carboxylic acids is 1. The quantitative estimate of drug-likeness (QED) is 0.640. The summed E-state index contributed by atoms with van der Waals surface area (Å²) in [6.07, 6.45) is 8.16. The van der Waals surface area contributed by atoms with Gasteiger partial charge in [0.2, 0.25) is 0 Å². The average molecular weight is 355 g/mol. The Bertz CT molecular complexity index is 806. The first-order chi connectivity index (χ1) is 12.6. The first kappa shape index (κ1) is 18.4. The lowest BCUT2D eigenvalue weighted by atomic mass is 9.89. The summed E-state index contributed by atoms with van der Waals surface area (Å²) in [5.74, 6) is -0.335. The number of hydrogen-bond acceptors (Lipinski definition) is 4. The Balaban J connectivity index is 1.95. The number of aliphatic hydroxyl groups is 2. The van der Waals surface area contributed by atoms with E-state index in [9.17, 15) is 15.0 Å². The zero-order chi connectivity index (χ0) is 18.5. The monoisotopic (exact) mass is 355 g/mol. The summed E-state index contributed by atoms with van der Waals surface area (Å²) < 4.78 is 0. The van der Waals surface area contributed by atoms with E-state index in [4.69, 9.17) is 0 Å². The standard InChI is InChI=1S/C20H25N3O3/c1-13-10-21-19(22-13)20(26)23-18-8-7-15(16(11-24)12-25)9-17(18)14-5-3-2-4-6-14/h5,7-10,16,24-25H,2-4,6,11-12H2,1H3,(H,21,22)(H,23,26). The van der Waals surface area contributed by atoms with Gasteiger partial charge in [0.15, 0.2) is 5.82 Å². The summed E-state index contributed by atoms with van der Waals surface area (Å²) in [5.41, 5.74) is 4.48. The fourth-order valence-corrected chi connectivity index (χ4v) is 3.25. The molecule has 0 saturated heterocycles. The van der Waals surface area contributed by atoms with Crippen LogP contribution in [0.3, 0.4) is 0 Å². The molecule has 0 atom stereocenters. The van der Waals surface area contributed by atoms with Crippen molar-refractivity contribution in [3.05, 3.63) is 53.1 Å². The molecule has 1 aliphatic rings. The molecule has 6 nitrogen and oxygen atoms in total. The highest BCUT2D eigenvalue weighted by Crippen LogP contribution is 2.34. The second kappa shape index (κ2) is 8.29. The van der Waals surface area contributed by atoms with Gasteiger partial charge in [0.05, 0.1) is 18.9 Å². The number of allylic oxidation sites excluding steroid dienone is 2. The van der Waals surface area contributed by atoms with Crippen LogP contribution >= 0.6 is 0 Å². The van der Waals surface area contributed by atoms with Crippen LogP contribution in [0.15, 0.2) is 30.5 Å². The number of anilines is 1. The van der Waals surface area contributed by atoms with E-state index in [1.807, 2.05) is 25.1 Å². The van der Waals surface area contributed by atoms with E-state index in [1.165, 1.54) is 12.0 Å². The fourth-order valence-electron chi connectivity index (χ4n) is 3.25. The number of H-pyrrole nitrogens is 1. The number of nitrogens with one attached hydrogen (secondary N) is 2. The number of benzene rings is 1. The molecule has 0 aliphatic heterocycles. The number of hydrogen-bond donors (Lipinski definition) is 4. The molecule has 138 valence electrons. The number of aromatic amines is 1. The smallest absolute Gasteiger partial charge is 0.291 e. The molecule has 0 unspecified atom stereocenters. The van der Waals surface area contributed by atoms with Gasteiger partial charge in [-0.1, -0.05) is 12.1 Å². The Kier molecular flexibility index (Phi) is 5.85. The van der Waals surface area contributed by atoms with Gasteiger partial charge in [-0.25, -0.2) is 4.98 Å². The molecule has 0 radical (unpaired) electrons. The topological polar surface area (TPSA) is 98.2 Å². The number of aryl methyl sites for hydroxylation is 1. The van der Waals surface area contributed by atoms with E-state index >= 15 is 0 Å². The van der Waals surface area contributed by atoms with Gasteiger partial charge in [-0.3, -0.25) is 4.79 Å². The number of rotatable bonds is 6. The molecule has 0 spiro atoms. The molecule has 1 aliphatic carbocycles. The van der Waals surface area contributed by atoms with Gasteiger partial charge in [-0.05, 0) is 55.9 Å². The van der Waals surface area contributed by atoms with Gasteiger partial charge in [0, 0.05) is 23.4 Å². The first-order valence-corrected chi connectivity index (χ1v) is 9.00. The van der Waals surface area contributed by atoms with Crippen molar-refractivity contribution in [1.82, 2.24) is 9.97 Å². The Morgan fingerprint density at radius 3 is 2.73 bits per heavy atom. The maximum absolute atomic E-state index is 12.5. The normalized spacial score (nSPS) is 14.4. The van der Waals surface area contributed by atoms with Gasteiger partial charge in [-0.2, -0.15) is 0 Å². The maximum atomic E-state index is 12.5. The zero-order valence-corrected chi connectivity index (χ0v) is 15.0. The van der Waals surface area contributed by atoms with Crippen molar-refractivity contribution in [2.75, 3.05) is 18.5 Å². The molecule has 3 rings (SSSR count). The molecule has 0 saturated carbocycles. The van der Waals surface area contributed by atoms with Crippen molar-refractivity contribution in [3.8, 4) is 0 Å². The Morgan fingerprint density at radius 1 is 1.31 bits per heavy atom. The van der Waals surface area contributed by atoms with Crippen LogP contribution < -0.4 is 5.32 Å². The average Bonchev–Trinajstić information content (AvgIpc) is 3.11. The van der Waals surface area contributed by atoms with E-state index in [0.717, 1.165) is 41.8 Å². The summed E-state index contributed by atoms with van der Waals surface area (Å²) in [7, 11) is 0. The second-order valence-electron chi connectivity index (χ2n) is 6.69. The summed E-state index contributed by atoms with van der Waals surface area (Å²) in [6, 6.07) is 5.65. The predicted octanol–water partition coefficient (Wildman–Crippen LogP) is 3.00. The van der Waals surface area contributed by atoms with Crippen LogP contribution in [-0.2, 0) is 0 Å². The maximum Gasteiger partial charge on any atom is 0.291 e. The second-order valence-corrected chi connectivity index (χ2v) is 6.69. The number of carbonyl (C=O) groups is 1. The third-order valence-corrected chi connectivity index (χ3v) is 4.76. The number of imidazole rings is 1. The minimum atomic E-state index is -0.324. The number of aliphatic hydroxyl groups excluding tert-OH is 2. The van der Waals surface area contributed by atoms with Crippen LogP contribution in [0, 0.1) is 6.92 Å². The van der Waals surface area contributed by atoms with Crippen LogP contribution in [0.25, 0.3) is 5.57 Å². The van der Waals surface area contributed by atoms with Crippen LogP contribution in [-0.4, -0.2) is 39.3 Å². The van der Waals surface area contributed by atoms with Crippen LogP contribution in [0.5, 0.6) is 0 Å². The summed E-state index contributed by atoms with van der Waals surface area (Å²) >= 11 is 0. The van der Waals surface area contributed by atoms with Crippen molar-refractivity contribution in [1.29, 1.82) is 0 Å². The third kappa shape index (κ3) is 4.03. The van der Waals surface area contributed by atoms with Crippen molar-refractivity contribution < 1.29 is 15.0 Å². The molecule has 1 amide bonds. The van der Waals surface area contributed by atoms with Gasteiger partial charge >= 0.3 is 0 Å². The molecule has 4 N–H and O–H groups in total. The molecule has 1 aromatic carbocycles. The molecule has 1 aromatic heterocycles. The number of aromatic nitrogens is 2. The molecule has 6 heteroatoms. The minimum Gasteiger partial charge on any atom is -0.396 e. The van der Waals surface area contributed by atoms with Crippen LogP contribution in [0.2, 0.25) is 0 Å². The highest BCUT2D eigenvalue weighted by Gasteiger charge is 2.18. The largest absolute Gasteiger partial charge is 0.396 e. The zero-order valence-electron chi connectivity index (χ0n) is 15.0. The van der Waals surface area contributed by atoms with E-state index in [1.54, 1.807) is 6.20 Å². The van der Waals surface area contributed by atoms with E-state index in [0.29, 0.717) is 0 Å². The minimum absolute atomic E-state index is 0.119. The first-order valence-electron chi connectivity index (χ1n) is 9.00. The molecular formula is C20H25N3O3. The fraction of sp³-hybridized carbons (Fsp3) is 0.400. The lowest BCUT2D eigenvalue weighted by Gasteiger charge is -2.20. The Labute approximate surface area is 153 Å². The molecule has 2 aromatic rings. The summed E-state index contributed by atoms with van der Waals surface area (Å²) in [4.78, 5) is 19.5. The molecule has 1 heterocycles. The molecule has 0 bridgehead atoms. The third-order valence-electron chi connectivity index (χ3n) is 4.76. The lowest BCUT2D eigenvalue weighted by Crippen LogP contribution is -2.16. The molecular weight excluding hydrogens is 330 g/mol. The van der Waals surface area contributed by atoms with Crippen molar-refractivity contribution in [2.45, 2.75) is 38.5 Å². The van der Waals surface area contributed by atoms with E-state index in [-0.39, 0.29) is 30.9 Å². The van der Waals surface area contributed by atoms with Crippen LogP contribution in [0.4, 0.5) is 5.69 Å². The van der Waals surface area contributed by atoms with Gasteiger partial charge in [0.1, 0.15) is 0 Å². The molecule has 26 heavy (non-hydrogen) atoms. The number of amides is 1. The predicted molar refractivity (Wildman–Crippen MR) is 101 cm³/mol. The highest BCUT2D eigenvalue weighted by molar-refractivity contribution is 6.03. The SMILES string of the molecule is Cc1c[nH]c(C(=O)Nc2ccc(C(CO)CO)cc2C2=CCCCC2)n1. The van der Waals surface area contributed by atoms with Gasteiger partial charge < -0.3 is 20.5 Å². The summed E-state index contributed by atoms with van der Waals surface area (Å²) in [5, 5.41) is 21.9. The summed E-state index contributed by atoms with van der Waals surface area (Å²) in [6.45, 7) is 1.59. The Hall–Kier alpha value is -2.44. The van der Waals surface area contributed by atoms with E-state index in [2.05, 4.69) is 21.4 Å². The Morgan fingerprint density at radius 2 is 2.12 bits per heavy atom. The van der Waals surface area contributed by atoms with Crippen molar-refractivity contribution in [2.24, 2.45) is 0 Å². The number of nitrogens with zero attached hydrogens (tertiary/aromatic N) is 1. The van der Waals surface area contributed by atoms with Crippen molar-refractivity contribution in [3.63, 3.8) is 0 Å². The van der Waals surface area contributed by atoms with Gasteiger partial charge in [-0.15, -0.1) is 0 Å². The molecule has 0 fully saturated rings. The lowest BCUT2D eigenvalue weighted by molar-refractivity contribution is 0.101. The van der Waals surface area contributed by atoms with Gasteiger partial charge in [0.25, 0.3) is 5.91 Å². The highest BCUT2D eigenvalue weighted by atomic mass is 16.3. The van der Waals surface area contributed by atoms with E-state index < -0.39 is 0 Å². The van der Waals surface area contributed by atoms with Crippen LogP contribution in [0.1, 0.15) is 59.0 Å². The van der Waals surface area contributed by atoms with Crippen molar-refractivity contribution >= 4 is 17.2 Å².